The summed E-state index contributed by atoms with van der Waals surface area (Å²) < 4.78 is 12.4. The average molecular weight is 678 g/mol. The van der Waals surface area contributed by atoms with Crippen LogP contribution < -0.4 is 15.8 Å². The van der Waals surface area contributed by atoms with Gasteiger partial charge in [0.05, 0.1) is 23.3 Å². The van der Waals surface area contributed by atoms with Gasteiger partial charge in [0.2, 0.25) is 17.6 Å². The van der Waals surface area contributed by atoms with Crippen molar-refractivity contribution in [2.45, 2.75) is 59.2 Å². The van der Waals surface area contributed by atoms with E-state index in [1.807, 2.05) is 69.3 Å². The maximum atomic E-state index is 13.9. The lowest BCUT2D eigenvalue weighted by Gasteiger charge is -2.22. The van der Waals surface area contributed by atoms with E-state index in [9.17, 15) is 19.2 Å². The van der Waals surface area contributed by atoms with Crippen LogP contribution in [0.15, 0.2) is 94.4 Å². The fourth-order valence-electron chi connectivity index (χ4n) is 5.14. The highest BCUT2D eigenvalue weighted by Gasteiger charge is 2.35. The predicted molar refractivity (Wildman–Crippen MR) is 185 cm³/mol. The average Bonchev–Trinajstić information content (AvgIpc) is 3.62. The van der Waals surface area contributed by atoms with E-state index in [4.69, 9.17) is 9.15 Å². The highest BCUT2D eigenvalue weighted by molar-refractivity contribution is 5.98. The van der Waals surface area contributed by atoms with Crippen molar-refractivity contribution in [1.82, 2.24) is 30.0 Å². The molecule has 1 N–H and O–H groups in total. The summed E-state index contributed by atoms with van der Waals surface area (Å²) in [5.41, 5.74) is 1.48. The van der Waals surface area contributed by atoms with Crippen molar-refractivity contribution in [3.63, 3.8) is 0 Å². The zero-order chi connectivity index (χ0) is 36.0. The number of carbonyl (C=O) groups excluding carboxylic acids is 3. The van der Waals surface area contributed by atoms with Crippen LogP contribution in [0.2, 0.25) is 0 Å². The summed E-state index contributed by atoms with van der Waals surface area (Å²) >= 11 is 0. The van der Waals surface area contributed by atoms with Gasteiger partial charge in [0.1, 0.15) is 24.7 Å². The largest absolute Gasteiger partial charge is 0.444 e. The molecular formula is C37H39N7O6. The zero-order valence-electron chi connectivity index (χ0n) is 28.8. The van der Waals surface area contributed by atoms with Crippen LogP contribution in [0, 0.1) is 12.8 Å². The summed E-state index contributed by atoms with van der Waals surface area (Å²) in [6.45, 7) is 8.68. The molecule has 1 atom stereocenters. The van der Waals surface area contributed by atoms with Crippen molar-refractivity contribution in [1.29, 1.82) is 0 Å². The molecule has 0 saturated heterocycles. The SMILES string of the molecule is Cc1ccc(C(C)(C)c2nnc(C(=O)[C@@H](NC(=O)Cn3c(-c4ccccc4)ncc(N(C)C(=O)OCc4ccccc4)c3=O)C(C)C)o2)nc1. The van der Waals surface area contributed by atoms with Gasteiger partial charge in [0, 0.05) is 18.8 Å². The Kier molecular flexibility index (Phi) is 10.6. The minimum atomic E-state index is -1.06. The van der Waals surface area contributed by atoms with Crippen molar-refractivity contribution >= 4 is 23.5 Å². The number of aromatic nitrogens is 5. The number of ether oxygens (including phenoxy) is 1. The third-order valence-electron chi connectivity index (χ3n) is 8.19. The lowest BCUT2D eigenvalue weighted by molar-refractivity contribution is -0.122. The Bertz CT molecular complexity index is 2020. The van der Waals surface area contributed by atoms with Crippen molar-refractivity contribution in [2.24, 2.45) is 5.92 Å². The summed E-state index contributed by atoms with van der Waals surface area (Å²) in [6, 6.07) is 20.7. The minimum absolute atomic E-state index is 0.00261. The topological polar surface area (TPSA) is 162 Å². The minimum Gasteiger partial charge on any atom is -0.444 e. The number of hydrogen-bond donors (Lipinski definition) is 1. The summed E-state index contributed by atoms with van der Waals surface area (Å²) in [7, 11) is 1.39. The molecule has 3 aromatic heterocycles. The maximum absolute atomic E-state index is 13.9. The third kappa shape index (κ3) is 7.83. The molecule has 0 radical (unpaired) electrons. The van der Waals surface area contributed by atoms with Gasteiger partial charge in [0.15, 0.2) is 0 Å². The second-order valence-electron chi connectivity index (χ2n) is 12.7. The van der Waals surface area contributed by atoms with Crippen LogP contribution in [0.5, 0.6) is 0 Å². The molecule has 0 unspecified atom stereocenters. The van der Waals surface area contributed by atoms with Gasteiger partial charge in [-0.1, -0.05) is 80.6 Å². The number of rotatable bonds is 12. The van der Waals surface area contributed by atoms with Crippen LogP contribution in [0.1, 0.15) is 61.1 Å². The maximum Gasteiger partial charge on any atom is 0.414 e. The van der Waals surface area contributed by atoms with Gasteiger partial charge in [-0.25, -0.2) is 9.78 Å². The van der Waals surface area contributed by atoms with E-state index < -0.39 is 41.3 Å². The van der Waals surface area contributed by atoms with Gasteiger partial charge >= 0.3 is 6.09 Å². The molecule has 0 bridgehead atoms. The molecule has 0 fully saturated rings. The molecule has 0 spiro atoms. The molecule has 5 rings (SSSR count). The summed E-state index contributed by atoms with van der Waals surface area (Å²) in [4.78, 5) is 64.1. The first-order valence-corrected chi connectivity index (χ1v) is 16.1. The van der Waals surface area contributed by atoms with E-state index in [-0.39, 0.29) is 35.8 Å². The highest BCUT2D eigenvalue weighted by Crippen LogP contribution is 2.29. The first-order chi connectivity index (χ1) is 23.9. The first kappa shape index (κ1) is 35.3. The molecule has 50 heavy (non-hydrogen) atoms. The number of Topliss-reactive ketones (excluding diaryl/α,β-unsaturated/α-hetero) is 1. The van der Waals surface area contributed by atoms with Gasteiger partial charge in [-0.05, 0) is 43.9 Å². The molecular weight excluding hydrogens is 638 g/mol. The van der Waals surface area contributed by atoms with Crippen molar-refractivity contribution in [2.75, 3.05) is 11.9 Å². The standard InChI is InChI=1S/C37H39N7O6/c1-23(2)30(31(46)33-41-42-35(50-33)37(4,5)28-18-17-24(3)19-38-28)40-29(45)21-44-32(26-15-11-8-12-16-26)39-20-27(34(44)47)43(6)36(48)49-22-25-13-9-7-10-14-25/h7-20,23,30H,21-22H2,1-6H3,(H,40,45)/t30-/m0/s1. The van der Waals surface area contributed by atoms with E-state index in [1.54, 1.807) is 44.3 Å². The molecule has 0 aliphatic carbocycles. The quantitative estimate of drug-likeness (QED) is 0.175. The fourth-order valence-corrected chi connectivity index (χ4v) is 5.14. The Morgan fingerprint density at radius 3 is 2.26 bits per heavy atom. The number of pyridine rings is 1. The second-order valence-corrected chi connectivity index (χ2v) is 12.7. The van der Waals surface area contributed by atoms with Crippen LogP contribution in [0.3, 0.4) is 0 Å². The van der Waals surface area contributed by atoms with E-state index in [2.05, 4.69) is 25.5 Å². The van der Waals surface area contributed by atoms with E-state index >= 15 is 0 Å². The monoisotopic (exact) mass is 677 g/mol. The van der Waals surface area contributed by atoms with E-state index in [0.717, 1.165) is 20.6 Å². The van der Waals surface area contributed by atoms with Gasteiger partial charge in [-0.3, -0.25) is 28.8 Å². The number of hydrogen-bond acceptors (Lipinski definition) is 10. The molecule has 2 amide bonds. The van der Waals surface area contributed by atoms with Crippen LogP contribution >= 0.6 is 0 Å². The summed E-state index contributed by atoms with van der Waals surface area (Å²) in [5, 5.41) is 10.9. The predicted octanol–water partition coefficient (Wildman–Crippen LogP) is 5.12. The van der Waals surface area contributed by atoms with Gasteiger partial charge in [-0.2, -0.15) is 0 Å². The summed E-state index contributed by atoms with van der Waals surface area (Å²) in [6.07, 6.45) is 2.23. The van der Waals surface area contributed by atoms with Crippen molar-refractivity contribution in [3.8, 4) is 11.4 Å². The van der Waals surface area contributed by atoms with Crippen LogP contribution in [-0.4, -0.2) is 55.6 Å². The number of anilines is 1. The lowest BCUT2D eigenvalue weighted by Crippen LogP contribution is -2.47. The Balaban J connectivity index is 1.38. The second kappa shape index (κ2) is 15.1. The third-order valence-corrected chi connectivity index (χ3v) is 8.19. The first-order valence-electron chi connectivity index (χ1n) is 16.1. The molecule has 0 saturated carbocycles. The fraction of sp³-hybridized carbons (Fsp3) is 0.297. The Morgan fingerprint density at radius 1 is 0.940 bits per heavy atom. The lowest BCUT2D eigenvalue weighted by atomic mass is 9.88. The molecule has 2 aromatic carbocycles. The summed E-state index contributed by atoms with van der Waals surface area (Å²) in [5.74, 6) is -1.48. The Hall–Kier alpha value is -5.98. The number of nitrogens with zero attached hydrogens (tertiary/aromatic N) is 6. The van der Waals surface area contributed by atoms with Crippen molar-refractivity contribution in [3.05, 3.63) is 124 Å². The molecule has 0 aliphatic rings. The number of benzene rings is 2. The van der Waals surface area contributed by atoms with Crippen LogP contribution in [0.25, 0.3) is 11.4 Å². The van der Waals surface area contributed by atoms with Gasteiger partial charge in [0.25, 0.3) is 11.4 Å². The number of ketones is 1. The van der Waals surface area contributed by atoms with Crippen molar-refractivity contribution < 1.29 is 23.5 Å². The van der Waals surface area contributed by atoms with E-state index in [0.29, 0.717) is 11.3 Å². The number of nitrogens with one attached hydrogen (secondary N) is 1. The normalized spacial score (nSPS) is 12.0. The van der Waals surface area contributed by atoms with E-state index in [1.165, 1.54) is 13.2 Å². The van der Waals surface area contributed by atoms with Gasteiger partial charge < -0.3 is 14.5 Å². The Labute approximate surface area is 289 Å². The van der Waals surface area contributed by atoms with Crippen LogP contribution in [-0.2, 0) is 28.1 Å². The number of amides is 2. The number of carbonyl (C=O) groups is 3. The molecule has 13 nitrogen and oxygen atoms in total. The zero-order valence-corrected chi connectivity index (χ0v) is 28.8. The Morgan fingerprint density at radius 2 is 1.62 bits per heavy atom. The smallest absolute Gasteiger partial charge is 0.414 e. The molecule has 258 valence electrons. The van der Waals surface area contributed by atoms with Crippen LogP contribution in [0.4, 0.5) is 10.5 Å². The molecule has 0 aliphatic heterocycles. The molecule has 13 heteroatoms. The van der Waals surface area contributed by atoms with Gasteiger partial charge in [-0.15, -0.1) is 10.2 Å². The molecule has 5 aromatic rings. The highest BCUT2D eigenvalue weighted by atomic mass is 16.6. The molecule has 3 heterocycles. The number of aryl methyl sites for hydroxylation is 1.